The highest BCUT2D eigenvalue weighted by atomic mass is 16.7. The zero-order valence-corrected chi connectivity index (χ0v) is 16.6. The molecule has 2 N–H and O–H groups in total. The van der Waals surface area contributed by atoms with Crippen LogP contribution in [0.4, 0.5) is 0 Å². The van der Waals surface area contributed by atoms with Crippen LogP contribution in [0.15, 0.2) is 0 Å². The summed E-state index contributed by atoms with van der Waals surface area (Å²) in [6.07, 6.45) is 7.03. The van der Waals surface area contributed by atoms with E-state index < -0.39 is 5.79 Å². The third-order valence-corrected chi connectivity index (χ3v) is 9.82. The van der Waals surface area contributed by atoms with Gasteiger partial charge in [-0.1, -0.05) is 13.8 Å². The van der Waals surface area contributed by atoms with Gasteiger partial charge >= 0.3 is 0 Å². The van der Waals surface area contributed by atoms with E-state index in [0.29, 0.717) is 36.9 Å². The van der Waals surface area contributed by atoms with Gasteiger partial charge in [-0.25, -0.2) is 0 Å². The van der Waals surface area contributed by atoms with Gasteiger partial charge < -0.3 is 19.7 Å². The fourth-order valence-corrected chi connectivity index (χ4v) is 8.60. The molecule has 4 saturated carbocycles. The lowest BCUT2D eigenvalue weighted by Crippen LogP contribution is -2.56. The van der Waals surface area contributed by atoms with Crippen molar-refractivity contribution in [1.29, 1.82) is 0 Å². The molecular weight excluding hydrogens is 328 g/mol. The van der Waals surface area contributed by atoms with Gasteiger partial charge in [-0.15, -0.1) is 0 Å². The molecule has 0 aromatic heterocycles. The van der Waals surface area contributed by atoms with Crippen LogP contribution in [0, 0.1) is 40.4 Å². The Morgan fingerprint density at radius 2 is 1.65 bits per heavy atom. The Morgan fingerprint density at radius 3 is 2.35 bits per heavy atom. The number of ether oxygens (including phenoxy) is 2. The third-order valence-electron chi connectivity index (χ3n) is 9.82. The summed E-state index contributed by atoms with van der Waals surface area (Å²) in [4.78, 5) is 0. The predicted molar refractivity (Wildman–Crippen MR) is 98.3 cm³/mol. The summed E-state index contributed by atoms with van der Waals surface area (Å²) in [5.74, 6) is 2.26. The molecule has 26 heavy (non-hydrogen) atoms. The first kappa shape index (κ1) is 17.9. The van der Waals surface area contributed by atoms with Gasteiger partial charge in [0.15, 0.2) is 5.79 Å². The van der Waals surface area contributed by atoms with E-state index in [1.54, 1.807) is 0 Å². The first-order valence-electron chi connectivity index (χ1n) is 10.9. The Bertz CT molecular complexity index is 570. The van der Waals surface area contributed by atoms with Crippen LogP contribution >= 0.6 is 0 Å². The van der Waals surface area contributed by atoms with E-state index in [1.807, 2.05) is 6.92 Å². The molecular formula is C22H36O4. The molecule has 0 bridgehead atoms. The van der Waals surface area contributed by atoms with Crippen LogP contribution in [0.1, 0.15) is 65.7 Å². The van der Waals surface area contributed by atoms with E-state index in [9.17, 15) is 10.2 Å². The molecule has 5 rings (SSSR count). The molecule has 1 heterocycles. The zero-order valence-electron chi connectivity index (χ0n) is 16.6. The Balaban J connectivity index is 1.46. The van der Waals surface area contributed by atoms with Crippen molar-refractivity contribution in [2.75, 3.05) is 13.2 Å². The summed E-state index contributed by atoms with van der Waals surface area (Å²) in [7, 11) is 0. The first-order valence-corrected chi connectivity index (χ1v) is 10.9. The Kier molecular flexibility index (Phi) is 3.91. The summed E-state index contributed by atoms with van der Waals surface area (Å²) in [5, 5.41) is 21.6. The molecule has 0 aromatic carbocycles. The average Bonchev–Trinajstić information content (AvgIpc) is 3.24. The molecule has 8 unspecified atom stereocenters. The molecule has 4 heteroatoms. The van der Waals surface area contributed by atoms with E-state index in [4.69, 9.17) is 9.47 Å². The van der Waals surface area contributed by atoms with Crippen LogP contribution in [0.5, 0.6) is 0 Å². The SMILES string of the molecule is CC(O)C1CCC2C3CC(O)[C@H]4CC5(CCC4(C)C3CC12C)OCCO5. The molecule has 4 nitrogen and oxygen atoms in total. The number of aliphatic hydroxyl groups excluding tert-OH is 2. The minimum atomic E-state index is -0.418. The Labute approximate surface area is 157 Å². The lowest BCUT2D eigenvalue weighted by molar-refractivity contribution is -0.237. The van der Waals surface area contributed by atoms with E-state index in [-0.39, 0.29) is 29.0 Å². The van der Waals surface area contributed by atoms with E-state index in [0.717, 1.165) is 32.1 Å². The molecule has 0 radical (unpaired) electrons. The van der Waals surface area contributed by atoms with Crippen molar-refractivity contribution < 1.29 is 19.7 Å². The molecule has 4 aliphatic carbocycles. The first-order chi connectivity index (χ1) is 12.3. The second-order valence-electron chi connectivity index (χ2n) is 10.7. The fraction of sp³-hybridized carbons (Fsp3) is 1.00. The van der Waals surface area contributed by atoms with Crippen molar-refractivity contribution >= 4 is 0 Å². The maximum Gasteiger partial charge on any atom is 0.168 e. The summed E-state index contributed by atoms with van der Waals surface area (Å²) < 4.78 is 12.0. The van der Waals surface area contributed by atoms with E-state index in [1.165, 1.54) is 12.8 Å². The number of hydrogen-bond donors (Lipinski definition) is 2. The minimum absolute atomic E-state index is 0.180. The van der Waals surface area contributed by atoms with Crippen LogP contribution in [0.25, 0.3) is 0 Å². The zero-order chi connectivity index (χ0) is 18.3. The normalized spacial score (nSPS) is 56.2. The van der Waals surface area contributed by atoms with Crippen molar-refractivity contribution in [2.45, 2.75) is 83.7 Å². The van der Waals surface area contributed by atoms with E-state index in [2.05, 4.69) is 13.8 Å². The summed E-state index contributed by atoms with van der Waals surface area (Å²) in [6.45, 7) is 8.27. The predicted octanol–water partition coefficient (Wildman–Crippen LogP) is 3.35. The van der Waals surface area contributed by atoms with Gasteiger partial charge in [-0.3, -0.25) is 0 Å². The Hall–Kier alpha value is -0.160. The maximum atomic E-state index is 11.2. The van der Waals surface area contributed by atoms with Crippen molar-refractivity contribution in [1.82, 2.24) is 0 Å². The topological polar surface area (TPSA) is 58.9 Å². The van der Waals surface area contributed by atoms with Crippen LogP contribution in [-0.4, -0.2) is 41.4 Å². The lowest BCUT2D eigenvalue weighted by atomic mass is 9.50. The summed E-state index contributed by atoms with van der Waals surface area (Å²) >= 11 is 0. The summed E-state index contributed by atoms with van der Waals surface area (Å²) in [6, 6.07) is 0. The van der Waals surface area contributed by atoms with Crippen LogP contribution in [0.2, 0.25) is 0 Å². The van der Waals surface area contributed by atoms with Crippen molar-refractivity contribution in [2.24, 2.45) is 40.4 Å². The van der Waals surface area contributed by atoms with Crippen LogP contribution in [-0.2, 0) is 9.47 Å². The molecule has 9 atom stereocenters. The monoisotopic (exact) mass is 364 g/mol. The molecule has 148 valence electrons. The highest BCUT2D eigenvalue weighted by Crippen LogP contribution is 2.71. The molecule has 1 spiro atoms. The molecule has 0 amide bonds. The minimum Gasteiger partial charge on any atom is -0.393 e. The molecule has 1 aliphatic heterocycles. The number of fused-ring (bicyclic) bond motifs is 5. The summed E-state index contributed by atoms with van der Waals surface area (Å²) in [5.41, 5.74) is 0.427. The molecule has 5 aliphatic rings. The number of rotatable bonds is 1. The quantitative estimate of drug-likeness (QED) is 0.749. The van der Waals surface area contributed by atoms with Gasteiger partial charge in [-0.05, 0) is 79.4 Å². The lowest BCUT2D eigenvalue weighted by Gasteiger charge is -2.57. The molecule has 1 saturated heterocycles. The van der Waals surface area contributed by atoms with Gasteiger partial charge in [0.25, 0.3) is 0 Å². The number of aliphatic hydroxyl groups is 2. The smallest absolute Gasteiger partial charge is 0.168 e. The van der Waals surface area contributed by atoms with Gasteiger partial charge in [0, 0.05) is 12.8 Å². The van der Waals surface area contributed by atoms with Gasteiger partial charge in [-0.2, -0.15) is 0 Å². The van der Waals surface area contributed by atoms with Gasteiger partial charge in [0.05, 0.1) is 25.4 Å². The average molecular weight is 365 g/mol. The van der Waals surface area contributed by atoms with Gasteiger partial charge in [0.2, 0.25) is 0 Å². The molecule has 5 fully saturated rings. The highest BCUT2D eigenvalue weighted by molar-refractivity contribution is 5.15. The second-order valence-corrected chi connectivity index (χ2v) is 10.7. The molecule has 0 aromatic rings. The highest BCUT2D eigenvalue weighted by Gasteiger charge is 2.67. The second kappa shape index (κ2) is 5.68. The van der Waals surface area contributed by atoms with Crippen LogP contribution in [0.3, 0.4) is 0 Å². The van der Waals surface area contributed by atoms with E-state index >= 15 is 0 Å². The van der Waals surface area contributed by atoms with Gasteiger partial charge in [0.1, 0.15) is 0 Å². The Morgan fingerprint density at radius 1 is 0.923 bits per heavy atom. The van der Waals surface area contributed by atoms with Crippen molar-refractivity contribution in [3.63, 3.8) is 0 Å². The standard InChI is InChI=1S/C22H36O4/c1-13(23)15-4-5-16-14-10-19(24)18-12-22(25-8-9-26-22)7-6-20(18,2)17(14)11-21(15,16)3/h13-19,23-24H,4-12H2,1-3H3/t13?,14?,15?,16?,17?,18-,19?,20?,21?/m1/s1. The fourth-order valence-electron chi connectivity index (χ4n) is 8.60. The maximum absolute atomic E-state index is 11.2. The number of hydrogen-bond acceptors (Lipinski definition) is 4. The van der Waals surface area contributed by atoms with Crippen molar-refractivity contribution in [3.8, 4) is 0 Å². The van der Waals surface area contributed by atoms with Crippen molar-refractivity contribution in [3.05, 3.63) is 0 Å². The largest absolute Gasteiger partial charge is 0.393 e. The van der Waals surface area contributed by atoms with Crippen LogP contribution < -0.4 is 0 Å². The third kappa shape index (κ3) is 2.22.